The number of hydrogen-bond acceptors (Lipinski definition) is 4. The van der Waals surface area contributed by atoms with Crippen molar-refractivity contribution in [1.29, 1.82) is 0 Å². The molecule has 0 amide bonds. The van der Waals surface area contributed by atoms with Crippen molar-refractivity contribution in [1.82, 2.24) is 3.97 Å². The van der Waals surface area contributed by atoms with Crippen LogP contribution in [0.2, 0.25) is 0 Å². The quantitative estimate of drug-likeness (QED) is 0.741. The zero-order chi connectivity index (χ0) is 16.0. The minimum atomic E-state index is -3.64. The SMILES string of the molecule is COc1ccc2c(ccn2S(=O)(=O)c2ccc3c(c2)CCO3)c1. The summed E-state index contributed by atoms with van der Waals surface area (Å²) in [4.78, 5) is 0.273. The van der Waals surface area contributed by atoms with Gasteiger partial charge in [0.25, 0.3) is 10.0 Å². The molecule has 1 aliphatic heterocycles. The summed E-state index contributed by atoms with van der Waals surface area (Å²) >= 11 is 0. The molecule has 0 fully saturated rings. The highest BCUT2D eigenvalue weighted by atomic mass is 32.2. The largest absolute Gasteiger partial charge is 0.497 e. The number of benzene rings is 2. The first kappa shape index (κ1) is 14.1. The zero-order valence-corrected chi connectivity index (χ0v) is 13.3. The molecular formula is C17H15NO4S. The highest BCUT2D eigenvalue weighted by molar-refractivity contribution is 7.90. The number of nitrogens with zero attached hydrogens (tertiary/aromatic N) is 1. The van der Waals surface area contributed by atoms with E-state index in [2.05, 4.69) is 0 Å². The van der Waals surface area contributed by atoms with Crippen LogP contribution < -0.4 is 9.47 Å². The highest BCUT2D eigenvalue weighted by Gasteiger charge is 2.22. The van der Waals surface area contributed by atoms with Crippen LogP contribution in [-0.2, 0) is 16.4 Å². The Morgan fingerprint density at radius 2 is 2.00 bits per heavy atom. The van der Waals surface area contributed by atoms with Gasteiger partial charge in [-0.15, -0.1) is 0 Å². The maximum Gasteiger partial charge on any atom is 0.268 e. The lowest BCUT2D eigenvalue weighted by Crippen LogP contribution is -2.12. The van der Waals surface area contributed by atoms with Crippen molar-refractivity contribution in [2.45, 2.75) is 11.3 Å². The van der Waals surface area contributed by atoms with Gasteiger partial charge < -0.3 is 9.47 Å². The first-order valence-corrected chi connectivity index (χ1v) is 8.70. The van der Waals surface area contributed by atoms with Crippen molar-refractivity contribution in [3.63, 3.8) is 0 Å². The van der Waals surface area contributed by atoms with Crippen LogP contribution in [0.3, 0.4) is 0 Å². The molecule has 0 radical (unpaired) electrons. The maximum absolute atomic E-state index is 13.0. The lowest BCUT2D eigenvalue weighted by atomic mass is 10.2. The first-order valence-electron chi connectivity index (χ1n) is 7.26. The van der Waals surface area contributed by atoms with Crippen molar-refractivity contribution in [2.24, 2.45) is 0 Å². The molecule has 0 saturated carbocycles. The number of rotatable bonds is 3. The van der Waals surface area contributed by atoms with Gasteiger partial charge in [0.1, 0.15) is 11.5 Å². The number of aromatic nitrogens is 1. The molecule has 1 aromatic heterocycles. The third-order valence-corrected chi connectivity index (χ3v) is 5.77. The van der Waals surface area contributed by atoms with Crippen LogP contribution in [0.15, 0.2) is 53.6 Å². The minimum absolute atomic E-state index is 0.273. The van der Waals surface area contributed by atoms with Gasteiger partial charge in [-0.25, -0.2) is 12.4 Å². The fourth-order valence-corrected chi connectivity index (χ4v) is 4.27. The van der Waals surface area contributed by atoms with E-state index in [1.807, 2.05) is 6.07 Å². The summed E-state index contributed by atoms with van der Waals surface area (Å²) in [6.45, 7) is 0.602. The van der Waals surface area contributed by atoms with Gasteiger partial charge >= 0.3 is 0 Å². The second kappa shape index (κ2) is 5.03. The first-order chi connectivity index (χ1) is 11.1. The molecule has 0 atom stereocenters. The summed E-state index contributed by atoms with van der Waals surface area (Å²) in [6.07, 6.45) is 2.31. The van der Waals surface area contributed by atoms with Crippen molar-refractivity contribution in [2.75, 3.05) is 13.7 Å². The smallest absolute Gasteiger partial charge is 0.268 e. The van der Waals surface area contributed by atoms with E-state index in [0.717, 1.165) is 23.1 Å². The molecule has 0 N–H and O–H groups in total. The van der Waals surface area contributed by atoms with Gasteiger partial charge in [0, 0.05) is 18.0 Å². The Labute approximate surface area is 134 Å². The van der Waals surface area contributed by atoms with Crippen LogP contribution in [0.25, 0.3) is 10.9 Å². The maximum atomic E-state index is 13.0. The summed E-state index contributed by atoms with van der Waals surface area (Å²) < 4.78 is 37.8. The van der Waals surface area contributed by atoms with E-state index in [-0.39, 0.29) is 4.90 Å². The van der Waals surface area contributed by atoms with Gasteiger partial charge in [-0.1, -0.05) is 0 Å². The third-order valence-electron chi connectivity index (χ3n) is 4.08. The van der Waals surface area contributed by atoms with Crippen LogP contribution in [0.4, 0.5) is 0 Å². The average molecular weight is 329 g/mol. The monoisotopic (exact) mass is 329 g/mol. The summed E-state index contributed by atoms with van der Waals surface area (Å²) in [5.74, 6) is 1.47. The Balaban J connectivity index is 1.85. The molecule has 5 nitrogen and oxygen atoms in total. The van der Waals surface area contributed by atoms with Crippen LogP contribution in [0.1, 0.15) is 5.56 Å². The molecule has 118 valence electrons. The van der Waals surface area contributed by atoms with Crippen LogP contribution in [-0.4, -0.2) is 26.1 Å². The third kappa shape index (κ3) is 2.17. The number of methoxy groups -OCH3 is 1. The number of ether oxygens (including phenoxy) is 2. The lowest BCUT2D eigenvalue weighted by molar-refractivity contribution is 0.356. The Morgan fingerprint density at radius 3 is 2.83 bits per heavy atom. The van der Waals surface area contributed by atoms with E-state index in [4.69, 9.17) is 9.47 Å². The normalized spacial score (nSPS) is 13.8. The van der Waals surface area contributed by atoms with E-state index in [1.54, 1.807) is 49.7 Å². The highest BCUT2D eigenvalue weighted by Crippen LogP contribution is 2.30. The summed E-state index contributed by atoms with van der Waals surface area (Å²) in [5, 5.41) is 0.817. The van der Waals surface area contributed by atoms with Gasteiger partial charge in [0.2, 0.25) is 0 Å². The lowest BCUT2D eigenvalue weighted by Gasteiger charge is -2.09. The van der Waals surface area contributed by atoms with Crippen LogP contribution >= 0.6 is 0 Å². The standard InChI is InChI=1S/C17H15NO4S/c1-21-14-2-4-16-12(10-14)6-8-18(16)23(19,20)15-3-5-17-13(11-15)7-9-22-17/h2-6,8,10-11H,7,9H2,1H3. The average Bonchev–Trinajstić information content (AvgIpc) is 3.20. The second-order valence-electron chi connectivity index (χ2n) is 5.41. The molecule has 0 aliphatic carbocycles. The Hall–Kier alpha value is -2.47. The molecule has 3 aromatic rings. The van der Waals surface area contributed by atoms with Crippen LogP contribution in [0, 0.1) is 0 Å². The molecule has 2 heterocycles. The Morgan fingerprint density at radius 1 is 1.13 bits per heavy atom. The predicted octanol–water partition coefficient (Wildman–Crippen LogP) is 2.82. The molecule has 0 saturated heterocycles. The van der Waals surface area contributed by atoms with Crippen LogP contribution in [0.5, 0.6) is 11.5 Å². The fourth-order valence-electron chi connectivity index (χ4n) is 2.87. The second-order valence-corrected chi connectivity index (χ2v) is 7.22. The van der Waals surface area contributed by atoms with E-state index >= 15 is 0 Å². The van der Waals surface area contributed by atoms with Crippen molar-refractivity contribution >= 4 is 20.9 Å². The molecule has 1 aliphatic rings. The van der Waals surface area contributed by atoms with E-state index < -0.39 is 10.0 Å². The molecule has 4 rings (SSSR count). The van der Waals surface area contributed by atoms with Gasteiger partial charge in [-0.3, -0.25) is 0 Å². The van der Waals surface area contributed by atoms with Gasteiger partial charge in [0.05, 0.1) is 24.1 Å². The topological polar surface area (TPSA) is 57.5 Å². The summed E-state index contributed by atoms with van der Waals surface area (Å²) in [6, 6.07) is 12.1. The summed E-state index contributed by atoms with van der Waals surface area (Å²) in [7, 11) is -2.06. The van der Waals surface area contributed by atoms with Gasteiger partial charge in [-0.05, 0) is 48.0 Å². The minimum Gasteiger partial charge on any atom is -0.497 e. The van der Waals surface area contributed by atoms with Gasteiger partial charge in [-0.2, -0.15) is 0 Å². The summed E-state index contributed by atoms with van der Waals surface area (Å²) in [5.41, 5.74) is 1.56. The molecule has 0 unspecified atom stereocenters. The molecule has 23 heavy (non-hydrogen) atoms. The predicted molar refractivity (Wildman–Crippen MR) is 86.7 cm³/mol. The van der Waals surface area contributed by atoms with Crippen molar-refractivity contribution in [3.05, 3.63) is 54.2 Å². The number of fused-ring (bicyclic) bond motifs is 2. The molecule has 6 heteroatoms. The van der Waals surface area contributed by atoms with E-state index in [9.17, 15) is 8.42 Å². The van der Waals surface area contributed by atoms with Crippen molar-refractivity contribution in [3.8, 4) is 11.5 Å². The molecular weight excluding hydrogens is 314 g/mol. The van der Waals surface area contributed by atoms with Crippen molar-refractivity contribution < 1.29 is 17.9 Å². The molecule has 0 spiro atoms. The molecule has 2 aromatic carbocycles. The van der Waals surface area contributed by atoms with E-state index in [0.29, 0.717) is 17.9 Å². The Bertz CT molecular complexity index is 1000. The van der Waals surface area contributed by atoms with Gasteiger partial charge in [0.15, 0.2) is 0 Å². The van der Waals surface area contributed by atoms with E-state index in [1.165, 1.54) is 3.97 Å². The molecule has 0 bridgehead atoms. The fraction of sp³-hybridized carbons (Fsp3) is 0.176. The zero-order valence-electron chi connectivity index (χ0n) is 12.5. The Kier molecular flexibility index (Phi) is 3.09. The number of hydrogen-bond donors (Lipinski definition) is 0.